The first-order chi connectivity index (χ1) is 9.10. The SMILES string of the molecule is ClCc1cc(Br)c(OCc2ccc(Cl)cc2)c(Br)c1. The molecule has 2 aromatic carbocycles. The van der Waals surface area contributed by atoms with E-state index in [0.29, 0.717) is 12.5 Å². The lowest BCUT2D eigenvalue weighted by Gasteiger charge is -2.11. The molecule has 0 aliphatic carbocycles. The minimum Gasteiger partial charge on any atom is -0.487 e. The molecule has 19 heavy (non-hydrogen) atoms. The van der Waals surface area contributed by atoms with Gasteiger partial charge in [0.1, 0.15) is 12.4 Å². The Labute approximate surface area is 139 Å². The van der Waals surface area contributed by atoms with Crippen molar-refractivity contribution in [2.45, 2.75) is 12.5 Å². The summed E-state index contributed by atoms with van der Waals surface area (Å²) in [4.78, 5) is 0. The van der Waals surface area contributed by atoms with Crippen molar-refractivity contribution in [3.63, 3.8) is 0 Å². The highest BCUT2D eigenvalue weighted by atomic mass is 79.9. The fourth-order valence-electron chi connectivity index (χ4n) is 1.56. The van der Waals surface area contributed by atoms with Crippen molar-refractivity contribution < 1.29 is 4.74 Å². The average Bonchev–Trinajstić information content (AvgIpc) is 2.39. The Kier molecular flexibility index (Phi) is 5.58. The van der Waals surface area contributed by atoms with Gasteiger partial charge in [-0.25, -0.2) is 0 Å². The van der Waals surface area contributed by atoms with Gasteiger partial charge in [-0.15, -0.1) is 11.6 Å². The third kappa shape index (κ3) is 4.12. The van der Waals surface area contributed by atoms with Gasteiger partial charge in [0.2, 0.25) is 0 Å². The average molecular weight is 425 g/mol. The third-order valence-electron chi connectivity index (χ3n) is 2.51. The molecular formula is C14H10Br2Cl2O. The van der Waals surface area contributed by atoms with Crippen LogP contribution in [0.2, 0.25) is 5.02 Å². The highest BCUT2D eigenvalue weighted by Crippen LogP contribution is 2.35. The Morgan fingerprint density at radius 3 is 2.05 bits per heavy atom. The first-order valence-corrected chi connectivity index (χ1v) is 8.01. The number of alkyl halides is 1. The van der Waals surface area contributed by atoms with Gasteiger partial charge in [-0.05, 0) is 67.3 Å². The molecule has 0 unspecified atom stereocenters. The molecule has 2 rings (SSSR count). The predicted octanol–water partition coefficient (Wildman–Crippen LogP) is 6.18. The van der Waals surface area contributed by atoms with Crippen LogP contribution < -0.4 is 4.74 Å². The summed E-state index contributed by atoms with van der Waals surface area (Å²) in [6, 6.07) is 11.5. The van der Waals surface area contributed by atoms with E-state index in [-0.39, 0.29) is 0 Å². The Balaban J connectivity index is 2.13. The summed E-state index contributed by atoms with van der Waals surface area (Å²) in [7, 11) is 0. The van der Waals surface area contributed by atoms with E-state index < -0.39 is 0 Å². The molecule has 0 aliphatic rings. The maximum atomic E-state index is 5.84. The Morgan fingerprint density at radius 1 is 0.947 bits per heavy atom. The molecule has 5 heteroatoms. The molecule has 0 saturated heterocycles. The quantitative estimate of drug-likeness (QED) is 0.532. The molecule has 0 saturated carbocycles. The molecular weight excluding hydrogens is 415 g/mol. The van der Waals surface area contributed by atoms with E-state index >= 15 is 0 Å². The second-order valence-electron chi connectivity index (χ2n) is 3.94. The Morgan fingerprint density at radius 2 is 1.53 bits per heavy atom. The number of ether oxygens (including phenoxy) is 1. The van der Waals surface area contributed by atoms with E-state index in [4.69, 9.17) is 27.9 Å². The molecule has 1 nitrogen and oxygen atoms in total. The van der Waals surface area contributed by atoms with E-state index in [1.54, 1.807) is 0 Å². The number of rotatable bonds is 4. The van der Waals surface area contributed by atoms with Crippen LogP contribution in [0, 0.1) is 0 Å². The lowest BCUT2D eigenvalue weighted by atomic mass is 10.2. The fraction of sp³-hybridized carbons (Fsp3) is 0.143. The van der Waals surface area contributed by atoms with Gasteiger partial charge in [0.15, 0.2) is 0 Å². The summed E-state index contributed by atoms with van der Waals surface area (Å²) in [5.74, 6) is 1.23. The van der Waals surface area contributed by atoms with Gasteiger partial charge in [-0.1, -0.05) is 23.7 Å². The van der Waals surface area contributed by atoms with Crippen LogP contribution in [0.15, 0.2) is 45.3 Å². The van der Waals surface area contributed by atoms with Crippen molar-refractivity contribution in [1.29, 1.82) is 0 Å². The van der Waals surface area contributed by atoms with E-state index in [9.17, 15) is 0 Å². The second kappa shape index (κ2) is 6.98. The van der Waals surface area contributed by atoms with Gasteiger partial charge < -0.3 is 4.74 Å². The molecule has 0 bridgehead atoms. The van der Waals surface area contributed by atoms with Crippen LogP contribution in [-0.2, 0) is 12.5 Å². The first kappa shape index (κ1) is 15.2. The van der Waals surface area contributed by atoms with Crippen LogP contribution in [0.25, 0.3) is 0 Å². The maximum absolute atomic E-state index is 5.84. The van der Waals surface area contributed by atoms with Crippen molar-refractivity contribution in [2.75, 3.05) is 0 Å². The zero-order valence-electron chi connectivity index (χ0n) is 9.80. The topological polar surface area (TPSA) is 9.23 Å². The zero-order chi connectivity index (χ0) is 13.8. The van der Waals surface area contributed by atoms with Crippen molar-refractivity contribution in [3.8, 4) is 5.75 Å². The van der Waals surface area contributed by atoms with Crippen LogP contribution in [0.4, 0.5) is 0 Å². The molecule has 0 heterocycles. The van der Waals surface area contributed by atoms with Gasteiger partial charge >= 0.3 is 0 Å². The highest BCUT2D eigenvalue weighted by Gasteiger charge is 2.09. The van der Waals surface area contributed by atoms with Gasteiger partial charge in [0.25, 0.3) is 0 Å². The second-order valence-corrected chi connectivity index (χ2v) is 6.35. The summed E-state index contributed by atoms with van der Waals surface area (Å²) in [5.41, 5.74) is 2.09. The smallest absolute Gasteiger partial charge is 0.148 e. The molecule has 0 N–H and O–H groups in total. The van der Waals surface area contributed by atoms with Gasteiger partial charge in [-0.3, -0.25) is 0 Å². The van der Waals surface area contributed by atoms with E-state index in [1.165, 1.54) is 0 Å². The van der Waals surface area contributed by atoms with Crippen LogP contribution in [-0.4, -0.2) is 0 Å². The fourth-order valence-corrected chi connectivity index (χ4v) is 3.35. The molecule has 0 aliphatic heterocycles. The molecule has 100 valence electrons. The number of hydrogen-bond donors (Lipinski definition) is 0. The normalized spacial score (nSPS) is 10.5. The third-order valence-corrected chi connectivity index (χ3v) is 4.25. The number of halogens is 4. The van der Waals surface area contributed by atoms with Gasteiger partial charge in [0, 0.05) is 10.9 Å². The monoisotopic (exact) mass is 422 g/mol. The van der Waals surface area contributed by atoms with Crippen LogP contribution in [0.5, 0.6) is 5.75 Å². The maximum Gasteiger partial charge on any atom is 0.148 e. The minimum absolute atomic E-state index is 0.467. The van der Waals surface area contributed by atoms with Gasteiger partial charge in [0.05, 0.1) is 8.95 Å². The van der Waals surface area contributed by atoms with Crippen molar-refractivity contribution >= 4 is 55.1 Å². The molecule has 0 fully saturated rings. The lowest BCUT2D eigenvalue weighted by Crippen LogP contribution is -1.97. The first-order valence-electron chi connectivity index (χ1n) is 5.51. The zero-order valence-corrected chi connectivity index (χ0v) is 14.5. The van der Waals surface area contributed by atoms with Crippen molar-refractivity contribution in [3.05, 3.63) is 61.5 Å². The summed E-state index contributed by atoms with van der Waals surface area (Å²) >= 11 is 18.6. The number of hydrogen-bond acceptors (Lipinski definition) is 1. The molecule has 0 atom stereocenters. The van der Waals surface area contributed by atoms with E-state index in [1.807, 2.05) is 36.4 Å². The molecule has 0 spiro atoms. The van der Waals surface area contributed by atoms with E-state index in [2.05, 4.69) is 31.9 Å². The molecule has 0 amide bonds. The Hall–Kier alpha value is -0.220. The summed E-state index contributed by atoms with van der Waals surface area (Å²) in [6.45, 7) is 0.481. The largest absolute Gasteiger partial charge is 0.487 e. The standard InChI is InChI=1S/C14H10Br2Cl2O/c15-12-5-10(7-17)6-13(16)14(12)19-8-9-1-3-11(18)4-2-9/h1-6H,7-8H2. The van der Waals surface area contributed by atoms with Crippen LogP contribution in [0.3, 0.4) is 0 Å². The summed E-state index contributed by atoms with van der Waals surface area (Å²) in [5, 5.41) is 0.720. The lowest BCUT2D eigenvalue weighted by molar-refractivity contribution is 0.302. The summed E-state index contributed by atoms with van der Waals surface area (Å²) in [6.07, 6.45) is 0. The molecule has 0 radical (unpaired) electrons. The highest BCUT2D eigenvalue weighted by molar-refractivity contribution is 9.11. The molecule has 2 aromatic rings. The van der Waals surface area contributed by atoms with Crippen molar-refractivity contribution in [1.82, 2.24) is 0 Å². The van der Waals surface area contributed by atoms with Crippen molar-refractivity contribution in [2.24, 2.45) is 0 Å². The Bertz CT molecular complexity index is 547. The van der Waals surface area contributed by atoms with Crippen LogP contribution in [0.1, 0.15) is 11.1 Å². The van der Waals surface area contributed by atoms with Gasteiger partial charge in [-0.2, -0.15) is 0 Å². The van der Waals surface area contributed by atoms with Crippen LogP contribution >= 0.6 is 55.1 Å². The predicted molar refractivity (Wildman–Crippen MR) is 87.2 cm³/mol. The summed E-state index contributed by atoms with van der Waals surface area (Å²) < 4.78 is 7.58. The van der Waals surface area contributed by atoms with E-state index in [0.717, 1.165) is 30.8 Å². The molecule has 0 aromatic heterocycles. The minimum atomic E-state index is 0.467. The number of benzene rings is 2.